The first-order valence-electron chi connectivity index (χ1n) is 6.11. The van der Waals surface area contributed by atoms with Gasteiger partial charge in [0.05, 0.1) is 11.3 Å². The molecule has 0 radical (unpaired) electrons. The number of halogens is 1. The highest BCUT2D eigenvalue weighted by Gasteiger charge is 2.18. The number of H-pyrrole nitrogens is 1. The number of aromatic amines is 1. The van der Waals surface area contributed by atoms with E-state index in [2.05, 4.69) is 10.2 Å². The molecule has 0 atom stereocenters. The molecular formula is C14H13FN2O. The molecule has 0 fully saturated rings. The van der Waals surface area contributed by atoms with Gasteiger partial charge in [-0.15, -0.1) is 0 Å². The largest absolute Gasteiger partial charge is 0.298 e. The number of benzene rings is 1. The maximum Gasteiger partial charge on any atom is 0.152 e. The van der Waals surface area contributed by atoms with E-state index >= 15 is 0 Å². The zero-order valence-electron chi connectivity index (χ0n) is 9.87. The molecule has 0 spiro atoms. The molecule has 1 aromatic heterocycles. The summed E-state index contributed by atoms with van der Waals surface area (Å²) in [6.07, 6.45) is 4.84. The van der Waals surface area contributed by atoms with Gasteiger partial charge in [-0.05, 0) is 37.8 Å². The molecule has 4 heteroatoms. The lowest BCUT2D eigenvalue weighted by atomic mass is 9.93. The van der Waals surface area contributed by atoms with E-state index in [1.807, 2.05) is 0 Å². The Kier molecular flexibility index (Phi) is 2.70. The first-order chi connectivity index (χ1) is 8.79. The first kappa shape index (κ1) is 11.1. The van der Waals surface area contributed by atoms with Gasteiger partial charge in [0, 0.05) is 16.8 Å². The van der Waals surface area contributed by atoms with Gasteiger partial charge in [-0.1, -0.05) is 6.07 Å². The molecule has 0 aliphatic heterocycles. The number of nitrogens with zero attached hydrogens (tertiary/aromatic N) is 1. The summed E-state index contributed by atoms with van der Waals surface area (Å²) in [5.74, 6) is -0.491. The van der Waals surface area contributed by atoms with E-state index < -0.39 is 5.82 Å². The van der Waals surface area contributed by atoms with Crippen molar-refractivity contribution in [1.29, 1.82) is 0 Å². The second kappa shape index (κ2) is 4.37. The molecule has 1 N–H and O–H groups in total. The van der Waals surface area contributed by atoms with E-state index in [-0.39, 0.29) is 5.56 Å². The Labute approximate surface area is 104 Å². The van der Waals surface area contributed by atoms with E-state index in [1.54, 1.807) is 6.07 Å². The van der Waals surface area contributed by atoms with E-state index in [1.165, 1.54) is 24.1 Å². The number of hydrogen-bond acceptors (Lipinski definition) is 2. The van der Waals surface area contributed by atoms with Crippen molar-refractivity contribution in [2.75, 3.05) is 0 Å². The average Bonchev–Trinajstić information content (AvgIpc) is 2.82. The fraction of sp³-hybridized carbons (Fsp3) is 0.286. The quantitative estimate of drug-likeness (QED) is 0.825. The number of carbonyl (C=O) groups excluding carboxylic acids is 1. The number of aldehydes is 1. The van der Waals surface area contributed by atoms with Crippen LogP contribution in [0.15, 0.2) is 18.2 Å². The number of hydrogen-bond donors (Lipinski definition) is 1. The highest BCUT2D eigenvalue weighted by Crippen LogP contribution is 2.30. The van der Waals surface area contributed by atoms with Crippen molar-refractivity contribution in [2.45, 2.75) is 25.7 Å². The van der Waals surface area contributed by atoms with Crippen molar-refractivity contribution in [2.24, 2.45) is 0 Å². The van der Waals surface area contributed by atoms with Crippen LogP contribution in [-0.4, -0.2) is 16.5 Å². The molecule has 2 aromatic rings. The minimum absolute atomic E-state index is 0.0863. The molecule has 3 rings (SSSR count). The molecule has 18 heavy (non-hydrogen) atoms. The number of rotatable bonds is 2. The van der Waals surface area contributed by atoms with Crippen molar-refractivity contribution in [3.8, 4) is 11.3 Å². The first-order valence-corrected chi connectivity index (χ1v) is 6.11. The number of nitrogens with one attached hydrogen (secondary N) is 1. The van der Waals surface area contributed by atoms with E-state index in [0.717, 1.165) is 36.2 Å². The third-order valence-electron chi connectivity index (χ3n) is 3.46. The van der Waals surface area contributed by atoms with Gasteiger partial charge in [0.1, 0.15) is 5.82 Å². The molecule has 1 aliphatic carbocycles. The Bertz CT molecular complexity index is 604. The maximum absolute atomic E-state index is 13.6. The zero-order chi connectivity index (χ0) is 12.5. The second-order valence-electron chi connectivity index (χ2n) is 4.59. The summed E-state index contributed by atoms with van der Waals surface area (Å²) in [6, 6.07) is 4.63. The van der Waals surface area contributed by atoms with Gasteiger partial charge in [0.25, 0.3) is 0 Å². The van der Waals surface area contributed by atoms with Crippen molar-refractivity contribution in [1.82, 2.24) is 10.2 Å². The summed E-state index contributed by atoms with van der Waals surface area (Å²) in [7, 11) is 0. The van der Waals surface area contributed by atoms with Crippen LogP contribution in [0, 0.1) is 5.82 Å². The van der Waals surface area contributed by atoms with E-state index in [4.69, 9.17) is 0 Å². The van der Waals surface area contributed by atoms with Crippen molar-refractivity contribution in [3.05, 3.63) is 40.8 Å². The van der Waals surface area contributed by atoms with Crippen LogP contribution in [0.4, 0.5) is 4.39 Å². The highest BCUT2D eigenvalue weighted by molar-refractivity contribution is 5.77. The summed E-state index contributed by atoms with van der Waals surface area (Å²) in [5, 5.41) is 7.32. The lowest BCUT2D eigenvalue weighted by Crippen LogP contribution is -2.01. The Hall–Kier alpha value is -1.97. The molecule has 1 aliphatic rings. The minimum Gasteiger partial charge on any atom is -0.298 e. The Morgan fingerprint density at radius 2 is 2.11 bits per heavy atom. The standard InChI is InChI=1S/C14H13FN2O/c15-12-7-9(5-6-10(12)8-18)14-11-3-1-2-4-13(11)16-17-14/h5-8H,1-4H2,(H,16,17). The van der Waals surface area contributed by atoms with Gasteiger partial charge in [-0.2, -0.15) is 5.10 Å². The molecule has 0 unspecified atom stereocenters. The number of carbonyl (C=O) groups is 1. The summed E-state index contributed by atoms with van der Waals surface area (Å²) >= 11 is 0. The van der Waals surface area contributed by atoms with Gasteiger partial charge in [-0.3, -0.25) is 9.89 Å². The van der Waals surface area contributed by atoms with Crippen molar-refractivity contribution >= 4 is 6.29 Å². The molecule has 92 valence electrons. The van der Waals surface area contributed by atoms with Crippen LogP contribution < -0.4 is 0 Å². The number of aryl methyl sites for hydroxylation is 1. The van der Waals surface area contributed by atoms with E-state index in [0.29, 0.717) is 6.29 Å². The molecule has 1 aromatic carbocycles. The molecular weight excluding hydrogens is 231 g/mol. The summed E-state index contributed by atoms with van der Waals surface area (Å²) in [4.78, 5) is 10.6. The van der Waals surface area contributed by atoms with Gasteiger partial charge < -0.3 is 0 Å². The van der Waals surface area contributed by atoms with Crippen LogP contribution >= 0.6 is 0 Å². The minimum atomic E-state index is -0.491. The summed E-state index contributed by atoms with van der Waals surface area (Å²) in [6.45, 7) is 0. The van der Waals surface area contributed by atoms with Gasteiger partial charge in [0.2, 0.25) is 0 Å². The number of aromatic nitrogens is 2. The molecule has 0 saturated carbocycles. The van der Waals surface area contributed by atoms with Gasteiger partial charge >= 0.3 is 0 Å². The predicted octanol–water partition coefficient (Wildman–Crippen LogP) is 2.91. The van der Waals surface area contributed by atoms with Crippen LogP contribution in [0.25, 0.3) is 11.3 Å². The third kappa shape index (κ3) is 1.74. The fourth-order valence-corrected chi connectivity index (χ4v) is 2.49. The van der Waals surface area contributed by atoms with Crippen LogP contribution in [-0.2, 0) is 12.8 Å². The molecule has 3 nitrogen and oxygen atoms in total. The summed E-state index contributed by atoms with van der Waals surface area (Å²) in [5.41, 5.74) is 4.00. The fourth-order valence-electron chi connectivity index (χ4n) is 2.49. The van der Waals surface area contributed by atoms with Crippen LogP contribution in [0.5, 0.6) is 0 Å². The van der Waals surface area contributed by atoms with Crippen molar-refractivity contribution < 1.29 is 9.18 Å². The molecule has 0 amide bonds. The number of fused-ring (bicyclic) bond motifs is 1. The average molecular weight is 244 g/mol. The maximum atomic E-state index is 13.6. The third-order valence-corrected chi connectivity index (χ3v) is 3.46. The van der Waals surface area contributed by atoms with Gasteiger partial charge in [0.15, 0.2) is 6.29 Å². The molecule has 0 bridgehead atoms. The Morgan fingerprint density at radius 3 is 2.89 bits per heavy atom. The Morgan fingerprint density at radius 1 is 1.28 bits per heavy atom. The summed E-state index contributed by atoms with van der Waals surface area (Å²) < 4.78 is 13.6. The molecule has 0 saturated heterocycles. The predicted molar refractivity (Wildman–Crippen MR) is 66.0 cm³/mol. The normalized spacial score (nSPS) is 14.3. The Balaban J connectivity index is 2.07. The molecule has 1 heterocycles. The lowest BCUT2D eigenvalue weighted by molar-refractivity contribution is 0.112. The van der Waals surface area contributed by atoms with E-state index in [9.17, 15) is 9.18 Å². The van der Waals surface area contributed by atoms with Crippen molar-refractivity contribution in [3.63, 3.8) is 0 Å². The van der Waals surface area contributed by atoms with Crippen LogP contribution in [0.1, 0.15) is 34.5 Å². The van der Waals surface area contributed by atoms with Gasteiger partial charge in [-0.25, -0.2) is 4.39 Å². The smallest absolute Gasteiger partial charge is 0.152 e. The van der Waals surface area contributed by atoms with Crippen LogP contribution in [0.2, 0.25) is 0 Å². The SMILES string of the molecule is O=Cc1ccc(-c2n[nH]c3c2CCCC3)cc1F. The topological polar surface area (TPSA) is 45.8 Å². The second-order valence-corrected chi connectivity index (χ2v) is 4.59. The highest BCUT2D eigenvalue weighted by atomic mass is 19.1. The lowest BCUT2D eigenvalue weighted by Gasteiger charge is -2.11. The zero-order valence-corrected chi connectivity index (χ0v) is 9.87. The monoisotopic (exact) mass is 244 g/mol. The van der Waals surface area contributed by atoms with Crippen LogP contribution in [0.3, 0.4) is 0 Å².